The van der Waals surface area contributed by atoms with Gasteiger partial charge in [-0.2, -0.15) is 0 Å². The second-order valence-corrected chi connectivity index (χ2v) is 4.34. The van der Waals surface area contributed by atoms with Crippen LogP contribution in [-0.4, -0.2) is 17.5 Å². The summed E-state index contributed by atoms with van der Waals surface area (Å²) >= 11 is 0. The SMILES string of the molecule is CC1=CN=C1[C@@]1(C)N=CC1(C)C. The van der Waals surface area contributed by atoms with Crippen LogP contribution in [0.2, 0.25) is 0 Å². The van der Waals surface area contributed by atoms with Crippen molar-refractivity contribution in [3.05, 3.63) is 11.8 Å². The molecule has 0 aromatic carbocycles. The molecule has 0 fully saturated rings. The standard InChI is InChI=1S/C10H14N2/c1-7-5-11-8(7)10(4)9(2,3)6-12-10/h5-6H,1-4H3/t10-/m1/s1. The third-order valence-electron chi connectivity index (χ3n) is 3.12. The van der Waals surface area contributed by atoms with Gasteiger partial charge in [0.25, 0.3) is 0 Å². The zero-order valence-electron chi connectivity index (χ0n) is 8.05. The maximum Gasteiger partial charge on any atom is 0.110 e. The van der Waals surface area contributed by atoms with Crippen LogP contribution in [0.1, 0.15) is 27.7 Å². The molecule has 0 saturated carbocycles. The van der Waals surface area contributed by atoms with Gasteiger partial charge in [0, 0.05) is 17.8 Å². The maximum atomic E-state index is 4.43. The molecule has 2 heterocycles. The Balaban J connectivity index is 2.32. The smallest absolute Gasteiger partial charge is 0.110 e. The molecule has 2 nitrogen and oxygen atoms in total. The lowest BCUT2D eigenvalue weighted by Gasteiger charge is -2.48. The molecule has 64 valence electrons. The van der Waals surface area contributed by atoms with E-state index in [9.17, 15) is 0 Å². The molecule has 0 saturated heterocycles. The summed E-state index contributed by atoms with van der Waals surface area (Å²) in [4.78, 5) is 8.71. The molecule has 0 N–H and O–H groups in total. The first-order chi connectivity index (χ1) is 5.47. The number of rotatable bonds is 1. The highest BCUT2D eigenvalue weighted by atomic mass is 15.0. The Morgan fingerprint density at radius 3 is 2.00 bits per heavy atom. The lowest BCUT2D eigenvalue weighted by atomic mass is 9.65. The second-order valence-electron chi connectivity index (χ2n) is 4.34. The molecule has 0 radical (unpaired) electrons. The topological polar surface area (TPSA) is 24.7 Å². The van der Waals surface area contributed by atoms with Gasteiger partial charge in [-0.1, -0.05) is 13.8 Å². The van der Waals surface area contributed by atoms with E-state index in [1.807, 2.05) is 12.4 Å². The predicted molar refractivity (Wildman–Crippen MR) is 51.9 cm³/mol. The average molecular weight is 162 g/mol. The van der Waals surface area contributed by atoms with Crippen molar-refractivity contribution in [1.82, 2.24) is 0 Å². The molecule has 0 aromatic rings. The zero-order valence-corrected chi connectivity index (χ0v) is 8.05. The van der Waals surface area contributed by atoms with Gasteiger partial charge in [0.15, 0.2) is 0 Å². The Labute approximate surface area is 73.1 Å². The fraction of sp³-hybridized carbons (Fsp3) is 0.600. The Morgan fingerprint density at radius 2 is 1.92 bits per heavy atom. The number of hydrogen-bond acceptors (Lipinski definition) is 2. The molecule has 2 heteroatoms. The van der Waals surface area contributed by atoms with Crippen molar-refractivity contribution in [2.75, 3.05) is 0 Å². The minimum absolute atomic E-state index is 0.0637. The normalized spacial score (nSPS) is 36.3. The van der Waals surface area contributed by atoms with E-state index in [1.165, 1.54) is 5.57 Å². The van der Waals surface area contributed by atoms with E-state index < -0.39 is 0 Å². The molecule has 2 rings (SSSR count). The molecular weight excluding hydrogens is 148 g/mol. The summed E-state index contributed by atoms with van der Waals surface area (Å²) < 4.78 is 0. The van der Waals surface area contributed by atoms with Crippen LogP contribution in [-0.2, 0) is 0 Å². The minimum atomic E-state index is -0.0637. The highest BCUT2D eigenvalue weighted by Gasteiger charge is 2.51. The van der Waals surface area contributed by atoms with E-state index in [2.05, 4.69) is 37.7 Å². The minimum Gasteiger partial charge on any atom is -0.283 e. The van der Waals surface area contributed by atoms with Crippen molar-refractivity contribution < 1.29 is 0 Å². The van der Waals surface area contributed by atoms with E-state index in [0.717, 1.165) is 5.71 Å². The molecule has 0 bridgehead atoms. The second kappa shape index (κ2) is 1.87. The van der Waals surface area contributed by atoms with E-state index in [0.29, 0.717) is 0 Å². The monoisotopic (exact) mass is 162 g/mol. The first-order valence-corrected chi connectivity index (χ1v) is 4.29. The number of hydrogen-bond donors (Lipinski definition) is 0. The lowest BCUT2D eigenvalue weighted by Crippen LogP contribution is -2.56. The van der Waals surface area contributed by atoms with E-state index >= 15 is 0 Å². The van der Waals surface area contributed by atoms with Crippen molar-refractivity contribution in [2.24, 2.45) is 15.4 Å². The van der Waals surface area contributed by atoms with E-state index in [1.54, 1.807) is 0 Å². The molecule has 1 atom stereocenters. The number of aliphatic imine (C=N–C) groups is 2. The molecule has 2 aliphatic rings. The highest BCUT2D eigenvalue weighted by Crippen LogP contribution is 2.44. The zero-order chi connectivity index (χ0) is 8.98. The van der Waals surface area contributed by atoms with Crippen LogP contribution in [0.15, 0.2) is 21.8 Å². The van der Waals surface area contributed by atoms with Crippen LogP contribution >= 0.6 is 0 Å². The molecule has 2 aliphatic heterocycles. The third-order valence-corrected chi connectivity index (χ3v) is 3.12. The maximum absolute atomic E-state index is 4.43. The molecular formula is C10H14N2. The summed E-state index contributed by atoms with van der Waals surface area (Å²) in [5, 5.41) is 0. The van der Waals surface area contributed by atoms with Gasteiger partial charge < -0.3 is 0 Å². The van der Waals surface area contributed by atoms with Gasteiger partial charge in [-0.05, 0) is 19.4 Å². The molecule has 12 heavy (non-hydrogen) atoms. The quantitative estimate of drug-likeness (QED) is 0.564. The summed E-state index contributed by atoms with van der Waals surface area (Å²) in [5.41, 5.74) is 2.55. The van der Waals surface area contributed by atoms with Crippen LogP contribution in [0, 0.1) is 5.41 Å². The van der Waals surface area contributed by atoms with Crippen molar-refractivity contribution in [1.29, 1.82) is 0 Å². The van der Waals surface area contributed by atoms with Crippen molar-refractivity contribution in [3.63, 3.8) is 0 Å². The summed E-state index contributed by atoms with van der Waals surface area (Å²) in [6.45, 7) is 8.65. The van der Waals surface area contributed by atoms with Crippen LogP contribution in [0.5, 0.6) is 0 Å². The average Bonchev–Trinajstić information content (AvgIpc) is 1.99. The molecule has 0 aromatic heterocycles. The summed E-state index contributed by atoms with van der Waals surface area (Å²) in [7, 11) is 0. The Hall–Kier alpha value is -0.920. The van der Waals surface area contributed by atoms with E-state index in [4.69, 9.17) is 0 Å². The van der Waals surface area contributed by atoms with Gasteiger partial charge >= 0.3 is 0 Å². The van der Waals surface area contributed by atoms with Gasteiger partial charge in [-0.3, -0.25) is 9.98 Å². The van der Waals surface area contributed by atoms with Gasteiger partial charge in [0.2, 0.25) is 0 Å². The van der Waals surface area contributed by atoms with Crippen LogP contribution in [0.25, 0.3) is 0 Å². The van der Waals surface area contributed by atoms with E-state index in [-0.39, 0.29) is 11.0 Å². The summed E-state index contributed by atoms with van der Waals surface area (Å²) in [5.74, 6) is 0. The Bertz CT molecular complexity index is 321. The Kier molecular flexibility index (Phi) is 1.20. The third kappa shape index (κ3) is 0.655. The molecule has 0 unspecified atom stereocenters. The van der Waals surface area contributed by atoms with Crippen LogP contribution in [0.4, 0.5) is 0 Å². The van der Waals surface area contributed by atoms with Gasteiger partial charge in [-0.25, -0.2) is 0 Å². The predicted octanol–water partition coefficient (Wildman–Crippen LogP) is 2.21. The van der Waals surface area contributed by atoms with Crippen LogP contribution < -0.4 is 0 Å². The first kappa shape index (κ1) is 7.71. The first-order valence-electron chi connectivity index (χ1n) is 4.29. The van der Waals surface area contributed by atoms with Gasteiger partial charge in [0.1, 0.15) is 5.54 Å². The summed E-state index contributed by atoms with van der Waals surface area (Å²) in [6.07, 6.45) is 3.92. The highest BCUT2D eigenvalue weighted by molar-refractivity contribution is 6.14. The molecule has 0 spiro atoms. The molecule has 0 amide bonds. The van der Waals surface area contributed by atoms with Gasteiger partial charge in [0.05, 0.1) is 5.71 Å². The fourth-order valence-electron chi connectivity index (χ4n) is 1.65. The van der Waals surface area contributed by atoms with Crippen LogP contribution in [0.3, 0.4) is 0 Å². The van der Waals surface area contributed by atoms with Crippen molar-refractivity contribution in [2.45, 2.75) is 33.2 Å². The Morgan fingerprint density at radius 1 is 1.25 bits per heavy atom. The van der Waals surface area contributed by atoms with Crippen molar-refractivity contribution in [3.8, 4) is 0 Å². The largest absolute Gasteiger partial charge is 0.283 e. The van der Waals surface area contributed by atoms with Crippen molar-refractivity contribution >= 4 is 11.9 Å². The number of nitrogens with zero attached hydrogens (tertiary/aromatic N) is 2. The van der Waals surface area contributed by atoms with Gasteiger partial charge in [-0.15, -0.1) is 0 Å². The fourth-order valence-corrected chi connectivity index (χ4v) is 1.65. The molecule has 0 aliphatic carbocycles. The summed E-state index contributed by atoms with van der Waals surface area (Å²) in [6, 6.07) is 0. The lowest BCUT2D eigenvalue weighted by molar-refractivity contribution is 0.324.